The summed E-state index contributed by atoms with van der Waals surface area (Å²) < 4.78 is 45.9. The summed E-state index contributed by atoms with van der Waals surface area (Å²) in [5.74, 6) is 1.29. The van der Waals surface area contributed by atoms with Crippen LogP contribution in [0.4, 0.5) is 25.1 Å². The highest BCUT2D eigenvalue weighted by Gasteiger charge is 2.45. The van der Waals surface area contributed by atoms with Gasteiger partial charge in [-0.2, -0.15) is 32.6 Å². The second-order valence-electron chi connectivity index (χ2n) is 9.63. The molecule has 2 bridgehead atoms. The predicted molar refractivity (Wildman–Crippen MR) is 122 cm³/mol. The summed E-state index contributed by atoms with van der Waals surface area (Å²) in [6.07, 6.45) is 0.799. The molecule has 0 saturated carbocycles. The molecular formula is C22H26F3N9O2. The summed E-state index contributed by atoms with van der Waals surface area (Å²) in [6.45, 7) is 0.181. The number of alkyl halides is 3. The van der Waals surface area contributed by atoms with Crippen LogP contribution >= 0.6 is 0 Å². The van der Waals surface area contributed by atoms with Crippen molar-refractivity contribution < 1.29 is 22.4 Å². The number of hydrogen-bond donors (Lipinski definition) is 1. The van der Waals surface area contributed by atoms with Gasteiger partial charge < -0.3 is 20.0 Å². The van der Waals surface area contributed by atoms with Gasteiger partial charge in [0.15, 0.2) is 5.76 Å². The van der Waals surface area contributed by atoms with Crippen molar-refractivity contribution in [1.82, 2.24) is 34.4 Å². The maximum absolute atomic E-state index is 13.7. The quantitative estimate of drug-likeness (QED) is 0.567. The molecule has 14 heteroatoms. The van der Waals surface area contributed by atoms with E-state index in [1.807, 2.05) is 4.90 Å². The highest BCUT2D eigenvalue weighted by atomic mass is 19.4. The molecule has 36 heavy (non-hydrogen) atoms. The third kappa shape index (κ3) is 4.12. The van der Waals surface area contributed by atoms with Crippen LogP contribution in [0.2, 0.25) is 0 Å². The minimum absolute atomic E-state index is 0.0787. The Hall–Kier alpha value is -3.42. The van der Waals surface area contributed by atoms with Crippen molar-refractivity contribution in [3.8, 4) is 11.6 Å². The van der Waals surface area contributed by atoms with Gasteiger partial charge in [-0.3, -0.25) is 9.69 Å². The summed E-state index contributed by atoms with van der Waals surface area (Å²) in [4.78, 5) is 32.2. The number of aromatic nitrogens is 5. The zero-order chi connectivity index (χ0) is 25.0. The topological polar surface area (TPSA) is 122 Å². The summed E-state index contributed by atoms with van der Waals surface area (Å²) in [7, 11) is 0. The molecule has 4 aliphatic rings. The number of nitrogens with two attached hydrogens (primary N) is 1. The average molecular weight is 506 g/mol. The number of nitrogens with zero attached hydrogens (tertiary/aromatic N) is 8. The third-order valence-electron chi connectivity index (χ3n) is 7.31. The fourth-order valence-corrected chi connectivity index (χ4v) is 5.70. The Bertz CT molecular complexity index is 1260. The molecule has 192 valence electrons. The van der Waals surface area contributed by atoms with E-state index in [0.29, 0.717) is 43.9 Å². The Morgan fingerprint density at radius 1 is 1.11 bits per heavy atom. The van der Waals surface area contributed by atoms with Gasteiger partial charge in [0.2, 0.25) is 23.6 Å². The molecule has 2 unspecified atom stereocenters. The molecule has 2 N–H and O–H groups in total. The highest BCUT2D eigenvalue weighted by Crippen LogP contribution is 2.33. The number of nitrogen functional groups attached to an aromatic ring is 1. The van der Waals surface area contributed by atoms with E-state index < -0.39 is 18.8 Å². The molecule has 11 nitrogen and oxygen atoms in total. The predicted octanol–water partition coefficient (Wildman–Crippen LogP) is 1.96. The van der Waals surface area contributed by atoms with Crippen molar-refractivity contribution in [3.05, 3.63) is 18.4 Å². The Labute approximate surface area is 204 Å². The van der Waals surface area contributed by atoms with E-state index in [4.69, 9.17) is 10.2 Å². The lowest BCUT2D eigenvalue weighted by Gasteiger charge is -2.45. The maximum atomic E-state index is 13.7. The van der Waals surface area contributed by atoms with Gasteiger partial charge >= 0.3 is 6.18 Å². The molecule has 4 aliphatic heterocycles. The number of anilines is 2. The van der Waals surface area contributed by atoms with E-state index in [9.17, 15) is 18.0 Å². The van der Waals surface area contributed by atoms with Gasteiger partial charge in [-0.25, -0.2) is 0 Å². The number of carbonyl (C=O) groups is 1. The van der Waals surface area contributed by atoms with Crippen molar-refractivity contribution >= 4 is 23.6 Å². The van der Waals surface area contributed by atoms with Crippen LogP contribution in [0.5, 0.6) is 0 Å². The van der Waals surface area contributed by atoms with E-state index in [1.165, 1.54) is 15.7 Å². The van der Waals surface area contributed by atoms with Crippen LogP contribution in [0.1, 0.15) is 32.1 Å². The SMILES string of the molecule is Nc1nc(N2CCC[C@H]2C(=O)N2CC3CCCC2CN3CC(F)(F)F)nc2nc(-c3ccco3)nn12. The van der Waals surface area contributed by atoms with E-state index in [0.717, 1.165) is 12.8 Å². The zero-order valence-corrected chi connectivity index (χ0v) is 19.4. The van der Waals surface area contributed by atoms with Crippen LogP contribution in [0.15, 0.2) is 22.8 Å². The first-order valence-electron chi connectivity index (χ1n) is 12.1. The fourth-order valence-electron chi connectivity index (χ4n) is 5.70. The van der Waals surface area contributed by atoms with Crippen LogP contribution in [-0.4, -0.2) is 90.8 Å². The molecule has 4 saturated heterocycles. The first-order chi connectivity index (χ1) is 17.3. The van der Waals surface area contributed by atoms with Gasteiger partial charge in [-0.05, 0) is 44.2 Å². The Kier molecular flexibility index (Phi) is 5.50. The summed E-state index contributed by atoms with van der Waals surface area (Å²) in [6, 6.07) is 2.42. The standard InChI is InChI=1S/C22H26F3N9O2/c23-22(24,25)12-31-10-14-5-1-4-13(31)11-33(14)18(35)15-6-2-8-32(15)20-28-19(26)34-21(29-20)27-17(30-34)16-7-3-9-36-16/h3,7,9,13-15H,1-2,4-6,8,10-12H2,(H2,26,27,28,29,30)/t13?,14?,15-/m0/s1. The van der Waals surface area contributed by atoms with Crippen molar-refractivity contribution in [2.75, 3.05) is 36.8 Å². The van der Waals surface area contributed by atoms with Crippen LogP contribution in [0, 0.1) is 0 Å². The Morgan fingerprint density at radius 3 is 2.72 bits per heavy atom. The Balaban J connectivity index is 1.24. The molecular weight excluding hydrogens is 479 g/mol. The smallest absolute Gasteiger partial charge is 0.401 e. The lowest BCUT2D eigenvalue weighted by molar-refractivity contribution is -0.161. The van der Waals surface area contributed by atoms with Crippen molar-refractivity contribution in [3.63, 3.8) is 0 Å². The van der Waals surface area contributed by atoms with Crippen LogP contribution in [0.25, 0.3) is 17.4 Å². The van der Waals surface area contributed by atoms with Gasteiger partial charge in [-0.15, -0.1) is 5.10 Å². The fraction of sp³-hybridized carbons (Fsp3) is 0.591. The number of carbonyl (C=O) groups excluding carboxylic acids is 1. The second-order valence-corrected chi connectivity index (χ2v) is 9.63. The lowest BCUT2D eigenvalue weighted by Crippen LogP contribution is -2.62. The number of furan rings is 1. The van der Waals surface area contributed by atoms with Crippen molar-refractivity contribution in [2.45, 2.75) is 56.4 Å². The second kappa shape index (κ2) is 8.61. The molecule has 3 aromatic rings. The van der Waals surface area contributed by atoms with Crippen molar-refractivity contribution in [2.24, 2.45) is 0 Å². The highest BCUT2D eigenvalue weighted by molar-refractivity contribution is 5.86. The minimum atomic E-state index is -4.25. The molecule has 3 atom stereocenters. The van der Waals surface area contributed by atoms with Gasteiger partial charge in [0, 0.05) is 31.7 Å². The summed E-state index contributed by atoms with van der Waals surface area (Å²) in [5, 5.41) is 4.30. The molecule has 7 heterocycles. The van der Waals surface area contributed by atoms with Gasteiger partial charge in [0.05, 0.1) is 12.8 Å². The number of hydrogen-bond acceptors (Lipinski definition) is 9. The number of fused-ring (bicyclic) bond motifs is 5. The molecule has 1 amide bonds. The lowest BCUT2D eigenvalue weighted by atomic mass is 10.1. The molecule has 0 spiro atoms. The molecule has 0 aliphatic carbocycles. The largest absolute Gasteiger partial charge is 0.461 e. The van der Waals surface area contributed by atoms with Crippen molar-refractivity contribution in [1.29, 1.82) is 0 Å². The van der Waals surface area contributed by atoms with E-state index >= 15 is 0 Å². The van der Waals surface area contributed by atoms with E-state index in [2.05, 4.69) is 20.1 Å². The first-order valence-corrected chi connectivity index (χ1v) is 12.1. The van der Waals surface area contributed by atoms with Gasteiger partial charge in [0.1, 0.15) is 6.04 Å². The molecule has 7 rings (SSSR count). The molecule has 4 fully saturated rings. The number of piperazine rings is 1. The monoisotopic (exact) mass is 505 g/mol. The zero-order valence-electron chi connectivity index (χ0n) is 19.4. The van der Waals surface area contributed by atoms with Gasteiger partial charge in [-0.1, -0.05) is 0 Å². The maximum Gasteiger partial charge on any atom is 0.401 e. The average Bonchev–Trinajstić information content (AvgIpc) is 3.55. The number of rotatable bonds is 4. The van der Waals surface area contributed by atoms with E-state index in [-0.39, 0.29) is 42.2 Å². The normalized spacial score (nSPS) is 25.1. The minimum Gasteiger partial charge on any atom is -0.461 e. The van der Waals surface area contributed by atoms with Gasteiger partial charge in [0.25, 0.3) is 5.78 Å². The Morgan fingerprint density at radius 2 is 1.94 bits per heavy atom. The van der Waals surface area contributed by atoms with Crippen LogP contribution in [-0.2, 0) is 4.79 Å². The third-order valence-corrected chi connectivity index (χ3v) is 7.31. The van der Waals surface area contributed by atoms with E-state index in [1.54, 1.807) is 17.0 Å². The number of amides is 1. The number of halogens is 3. The molecule has 0 radical (unpaired) electrons. The first kappa shape index (κ1) is 23.0. The van der Waals surface area contributed by atoms with Crippen LogP contribution in [0.3, 0.4) is 0 Å². The summed E-state index contributed by atoms with van der Waals surface area (Å²) in [5.41, 5.74) is 6.15. The molecule has 0 aromatic carbocycles. The van der Waals surface area contributed by atoms with Crippen LogP contribution < -0.4 is 10.6 Å². The summed E-state index contributed by atoms with van der Waals surface area (Å²) >= 11 is 0. The molecule has 3 aromatic heterocycles.